The van der Waals surface area contributed by atoms with E-state index in [1.807, 2.05) is 43.0 Å². The first-order valence-electron chi connectivity index (χ1n) is 9.20. The van der Waals surface area contributed by atoms with Gasteiger partial charge in [0.1, 0.15) is 0 Å². The van der Waals surface area contributed by atoms with Gasteiger partial charge in [0.15, 0.2) is 0 Å². The molecule has 2 amide bonds. The molecule has 0 unspecified atom stereocenters. The second-order valence-electron chi connectivity index (χ2n) is 6.52. The molecule has 0 saturated carbocycles. The summed E-state index contributed by atoms with van der Waals surface area (Å²) >= 11 is 1.59. The van der Waals surface area contributed by atoms with Crippen LogP contribution in [0.15, 0.2) is 30.5 Å². The van der Waals surface area contributed by atoms with Gasteiger partial charge < -0.3 is 10.2 Å². The second-order valence-corrected chi connectivity index (χ2v) is 7.65. The minimum atomic E-state index is -0.0304. The maximum absolute atomic E-state index is 12.5. The van der Waals surface area contributed by atoms with Gasteiger partial charge in [-0.1, -0.05) is 6.07 Å². The monoisotopic (exact) mass is 371 g/mol. The summed E-state index contributed by atoms with van der Waals surface area (Å²) in [5, 5.41) is 2.99. The lowest BCUT2D eigenvalue weighted by Gasteiger charge is -2.21. The smallest absolute Gasteiger partial charge is 0.263 e. The first kappa shape index (κ1) is 18.6. The Kier molecular flexibility index (Phi) is 6.04. The van der Waals surface area contributed by atoms with Crippen LogP contribution in [0.3, 0.4) is 0 Å². The molecule has 26 heavy (non-hydrogen) atoms. The van der Waals surface area contributed by atoms with Crippen LogP contribution in [0.2, 0.25) is 0 Å². The molecule has 5 nitrogen and oxygen atoms in total. The van der Waals surface area contributed by atoms with Crippen molar-refractivity contribution < 1.29 is 9.59 Å². The van der Waals surface area contributed by atoms with E-state index in [0.29, 0.717) is 13.0 Å². The molecule has 0 radical (unpaired) electrons. The fourth-order valence-electron chi connectivity index (χ4n) is 3.34. The minimum Gasteiger partial charge on any atom is -0.350 e. The number of hydrogen-bond donors (Lipinski definition) is 1. The normalized spacial score (nSPS) is 16.0. The number of fused-ring (bicyclic) bond motifs is 1. The van der Waals surface area contributed by atoms with Crippen molar-refractivity contribution in [3.63, 3.8) is 0 Å². The topological polar surface area (TPSA) is 62.3 Å². The van der Waals surface area contributed by atoms with E-state index >= 15 is 0 Å². The Labute approximate surface area is 158 Å². The fourth-order valence-corrected chi connectivity index (χ4v) is 4.52. The van der Waals surface area contributed by atoms with Crippen LogP contribution in [-0.2, 0) is 24.2 Å². The van der Waals surface area contributed by atoms with E-state index in [0.717, 1.165) is 42.1 Å². The Morgan fingerprint density at radius 2 is 2.12 bits per heavy atom. The van der Waals surface area contributed by atoms with Gasteiger partial charge >= 0.3 is 0 Å². The van der Waals surface area contributed by atoms with Crippen LogP contribution < -0.4 is 5.32 Å². The summed E-state index contributed by atoms with van der Waals surface area (Å²) in [6, 6.07) is 7.69. The lowest BCUT2D eigenvalue weighted by molar-refractivity contribution is -0.125. The average molecular weight is 372 g/mol. The van der Waals surface area contributed by atoms with Crippen LogP contribution in [0.4, 0.5) is 0 Å². The number of pyridine rings is 1. The number of thiophene rings is 1. The van der Waals surface area contributed by atoms with Gasteiger partial charge in [-0.15, -0.1) is 11.3 Å². The van der Waals surface area contributed by atoms with Crippen molar-refractivity contribution in [2.75, 3.05) is 13.1 Å². The molecule has 0 bridgehead atoms. The van der Waals surface area contributed by atoms with Gasteiger partial charge in [0.05, 0.1) is 17.1 Å². The predicted molar refractivity (Wildman–Crippen MR) is 103 cm³/mol. The SMILES string of the molecule is CCN(CC)C(=O)c1cc2c(s1)CC[C@H](C(=O)NCc1ccccn1)C2. The molecule has 2 aromatic heterocycles. The zero-order valence-electron chi connectivity index (χ0n) is 15.3. The molecule has 1 aliphatic carbocycles. The fraction of sp³-hybridized carbons (Fsp3) is 0.450. The van der Waals surface area contributed by atoms with Crippen molar-refractivity contribution in [2.45, 2.75) is 39.7 Å². The van der Waals surface area contributed by atoms with Gasteiger partial charge in [0, 0.05) is 30.1 Å². The maximum Gasteiger partial charge on any atom is 0.263 e. The van der Waals surface area contributed by atoms with E-state index < -0.39 is 0 Å². The number of nitrogens with zero attached hydrogens (tertiary/aromatic N) is 2. The molecule has 2 aromatic rings. The van der Waals surface area contributed by atoms with Crippen molar-refractivity contribution in [3.05, 3.63) is 51.5 Å². The number of amides is 2. The summed E-state index contributed by atoms with van der Waals surface area (Å²) in [5.74, 6) is 0.145. The van der Waals surface area contributed by atoms with Crippen LogP contribution in [0.25, 0.3) is 0 Å². The number of hydrogen-bond acceptors (Lipinski definition) is 4. The molecule has 3 rings (SSSR count). The summed E-state index contributed by atoms with van der Waals surface area (Å²) in [6.45, 7) is 5.89. The van der Waals surface area contributed by atoms with Crippen molar-refractivity contribution in [2.24, 2.45) is 5.92 Å². The highest BCUT2D eigenvalue weighted by Gasteiger charge is 2.28. The Morgan fingerprint density at radius 1 is 1.31 bits per heavy atom. The minimum absolute atomic E-state index is 0.0304. The molecular formula is C20H25N3O2S. The maximum atomic E-state index is 12.5. The van der Waals surface area contributed by atoms with E-state index in [-0.39, 0.29) is 17.7 Å². The van der Waals surface area contributed by atoms with Crippen LogP contribution in [-0.4, -0.2) is 34.8 Å². The quantitative estimate of drug-likeness (QED) is 0.849. The number of rotatable bonds is 6. The highest BCUT2D eigenvalue weighted by atomic mass is 32.1. The second kappa shape index (κ2) is 8.45. The van der Waals surface area contributed by atoms with Gasteiger partial charge in [-0.05, 0) is 56.9 Å². The van der Waals surface area contributed by atoms with Crippen molar-refractivity contribution in [3.8, 4) is 0 Å². The number of aryl methyl sites for hydroxylation is 1. The Hall–Kier alpha value is -2.21. The average Bonchev–Trinajstić information content (AvgIpc) is 3.11. The van der Waals surface area contributed by atoms with Gasteiger partial charge in [-0.3, -0.25) is 14.6 Å². The van der Waals surface area contributed by atoms with Crippen LogP contribution in [0, 0.1) is 5.92 Å². The van der Waals surface area contributed by atoms with Gasteiger partial charge in [0.25, 0.3) is 5.91 Å². The van der Waals surface area contributed by atoms with E-state index in [9.17, 15) is 9.59 Å². The molecule has 6 heteroatoms. The van der Waals surface area contributed by atoms with E-state index in [1.54, 1.807) is 17.5 Å². The lowest BCUT2D eigenvalue weighted by Crippen LogP contribution is -2.33. The zero-order chi connectivity index (χ0) is 18.5. The Morgan fingerprint density at radius 3 is 2.81 bits per heavy atom. The summed E-state index contributed by atoms with van der Waals surface area (Å²) in [7, 11) is 0. The van der Waals surface area contributed by atoms with E-state index in [4.69, 9.17) is 0 Å². The molecule has 1 aliphatic rings. The van der Waals surface area contributed by atoms with Gasteiger partial charge in [-0.25, -0.2) is 0 Å². The standard InChI is InChI=1S/C20H25N3O2S/c1-3-23(4-2)20(25)18-12-15-11-14(8-9-17(15)26-18)19(24)22-13-16-7-5-6-10-21-16/h5-7,10,12,14H,3-4,8-9,11,13H2,1-2H3,(H,22,24)/t14-/m0/s1. The Balaban J connectivity index is 1.62. The number of carbonyl (C=O) groups excluding carboxylic acids is 2. The first-order valence-corrected chi connectivity index (χ1v) is 10.0. The molecule has 2 heterocycles. The van der Waals surface area contributed by atoms with Crippen LogP contribution in [0.5, 0.6) is 0 Å². The first-order chi connectivity index (χ1) is 12.6. The molecular weight excluding hydrogens is 346 g/mol. The number of nitrogens with one attached hydrogen (secondary N) is 1. The van der Waals surface area contributed by atoms with Crippen molar-refractivity contribution in [1.29, 1.82) is 0 Å². The van der Waals surface area contributed by atoms with Crippen molar-refractivity contribution >= 4 is 23.2 Å². The van der Waals surface area contributed by atoms with Crippen LogP contribution >= 0.6 is 11.3 Å². The summed E-state index contributed by atoms with van der Waals surface area (Å²) < 4.78 is 0. The molecule has 138 valence electrons. The molecule has 0 saturated heterocycles. The third kappa shape index (κ3) is 4.12. The largest absolute Gasteiger partial charge is 0.350 e. The number of aromatic nitrogens is 1. The number of carbonyl (C=O) groups is 2. The lowest BCUT2D eigenvalue weighted by atomic mass is 9.87. The molecule has 0 aromatic carbocycles. The van der Waals surface area contributed by atoms with Gasteiger partial charge in [0.2, 0.25) is 5.91 Å². The summed E-state index contributed by atoms with van der Waals surface area (Å²) in [5.41, 5.74) is 2.02. The molecule has 1 N–H and O–H groups in total. The molecule has 0 fully saturated rings. The summed E-state index contributed by atoms with van der Waals surface area (Å²) in [4.78, 5) is 33.2. The molecule has 1 atom stereocenters. The molecule has 0 spiro atoms. The van der Waals surface area contributed by atoms with E-state index in [1.165, 1.54) is 4.88 Å². The Bertz CT molecular complexity index is 769. The highest BCUT2D eigenvalue weighted by molar-refractivity contribution is 7.14. The third-order valence-corrected chi connectivity index (χ3v) is 6.11. The van der Waals surface area contributed by atoms with Gasteiger partial charge in [-0.2, -0.15) is 0 Å². The van der Waals surface area contributed by atoms with Crippen LogP contribution in [0.1, 0.15) is 46.1 Å². The highest BCUT2D eigenvalue weighted by Crippen LogP contribution is 2.33. The predicted octanol–water partition coefficient (Wildman–Crippen LogP) is 3.05. The summed E-state index contributed by atoms with van der Waals surface area (Å²) in [6.07, 6.45) is 4.15. The third-order valence-electron chi connectivity index (χ3n) is 4.88. The van der Waals surface area contributed by atoms with Crippen molar-refractivity contribution in [1.82, 2.24) is 15.2 Å². The zero-order valence-corrected chi connectivity index (χ0v) is 16.1. The van der Waals surface area contributed by atoms with E-state index in [2.05, 4.69) is 10.3 Å². The molecule has 0 aliphatic heterocycles.